The minimum Gasteiger partial charge on any atom is -0.468 e. The maximum Gasteiger partial charge on any atom is 0.322 e. The molecular weight excluding hydrogens is 196 g/mol. The van der Waals surface area contributed by atoms with E-state index in [2.05, 4.69) is 20.1 Å². The first-order chi connectivity index (χ1) is 7.27. The van der Waals surface area contributed by atoms with Crippen LogP contribution < -0.4 is 5.32 Å². The quantitative estimate of drug-likeness (QED) is 0.662. The highest BCUT2D eigenvalue weighted by atomic mass is 16.5. The van der Waals surface area contributed by atoms with Gasteiger partial charge in [0.25, 0.3) is 0 Å². The number of hydrogen-bond acceptors (Lipinski definition) is 5. The van der Waals surface area contributed by atoms with E-state index in [0.29, 0.717) is 13.0 Å². The molecule has 1 aromatic rings. The Morgan fingerprint density at radius 3 is 3.00 bits per heavy atom. The summed E-state index contributed by atoms with van der Waals surface area (Å²) in [5, 5.41) is 7.02. The van der Waals surface area contributed by atoms with Gasteiger partial charge in [0.05, 0.1) is 7.11 Å². The SMILES string of the molecule is CCNC(CCn1cncn1)C(=O)OC. The molecule has 0 bridgehead atoms. The maximum atomic E-state index is 11.3. The van der Waals surface area contributed by atoms with E-state index in [9.17, 15) is 4.79 Å². The Morgan fingerprint density at radius 2 is 2.47 bits per heavy atom. The van der Waals surface area contributed by atoms with Gasteiger partial charge in [-0.25, -0.2) is 4.98 Å². The van der Waals surface area contributed by atoms with Gasteiger partial charge in [-0.2, -0.15) is 5.10 Å². The van der Waals surface area contributed by atoms with E-state index in [0.717, 1.165) is 6.54 Å². The summed E-state index contributed by atoms with van der Waals surface area (Å²) in [5.41, 5.74) is 0. The minimum absolute atomic E-state index is 0.239. The van der Waals surface area contributed by atoms with E-state index in [-0.39, 0.29) is 12.0 Å². The lowest BCUT2D eigenvalue weighted by molar-refractivity contribution is -0.143. The van der Waals surface area contributed by atoms with Gasteiger partial charge < -0.3 is 10.1 Å². The number of carbonyl (C=O) groups is 1. The minimum atomic E-state index is -0.274. The third-order valence-electron chi connectivity index (χ3n) is 2.05. The summed E-state index contributed by atoms with van der Waals surface area (Å²) in [6.07, 6.45) is 3.74. The highest BCUT2D eigenvalue weighted by molar-refractivity contribution is 5.75. The van der Waals surface area contributed by atoms with Crippen LogP contribution in [0, 0.1) is 0 Å². The zero-order valence-corrected chi connectivity index (χ0v) is 9.01. The van der Waals surface area contributed by atoms with Gasteiger partial charge >= 0.3 is 5.97 Å². The van der Waals surface area contributed by atoms with Gasteiger partial charge in [0.15, 0.2) is 0 Å². The molecule has 6 heteroatoms. The first kappa shape index (κ1) is 11.6. The number of nitrogens with one attached hydrogen (secondary N) is 1. The van der Waals surface area contributed by atoms with E-state index >= 15 is 0 Å². The Kier molecular flexibility index (Phi) is 4.76. The normalized spacial score (nSPS) is 12.4. The molecule has 84 valence electrons. The summed E-state index contributed by atoms with van der Waals surface area (Å²) in [6, 6.07) is -0.274. The van der Waals surface area contributed by atoms with Crippen molar-refractivity contribution in [3.05, 3.63) is 12.7 Å². The van der Waals surface area contributed by atoms with Gasteiger partial charge in [-0.05, 0) is 13.0 Å². The summed E-state index contributed by atoms with van der Waals surface area (Å²) < 4.78 is 6.38. The second-order valence-corrected chi connectivity index (χ2v) is 3.08. The van der Waals surface area contributed by atoms with E-state index in [4.69, 9.17) is 0 Å². The number of aromatic nitrogens is 3. The standard InChI is InChI=1S/C9H16N4O2/c1-3-11-8(9(14)15-2)4-5-13-7-10-6-12-13/h6-8,11H,3-5H2,1-2H3. The molecule has 0 saturated carbocycles. The molecule has 1 heterocycles. The van der Waals surface area contributed by atoms with E-state index < -0.39 is 0 Å². The van der Waals surface area contributed by atoms with Crippen LogP contribution in [0.25, 0.3) is 0 Å². The third-order valence-corrected chi connectivity index (χ3v) is 2.05. The molecule has 6 nitrogen and oxygen atoms in total. The molecule has 0 amide bonds. The van der Waals surface area contributed by atoms with E-state index in [1.54, 1.807) is 11.0 Å². The smallest absolute Gasteiger partial charge is 0.322 e. The molecule has 0 fully saturated rings. The van der Waals surface area contributed by atoms with Crippen LogP contribution >= 0.6 is 0 Å². The number of nitrogens with zero attached hydrogens (tertiary/aromatic N) is 3. The molecule has 15 heavy (non-hydrogen) atoms. The van der Waals surface area contributed by atoms with Crippen molar-refractivity contribution in [3.8, 4) is 0 Å². The molecule has 0 radical (unpaired) electrons. The number of ether oxygens (including phenoxy) is 1. The molecule has 0 aliphatic rings. The zero-order valence-electron chi connectivity index (χ0n) is 9.01. The van der Waals surface area contributed by atoms with Crippen molar-refractivity contribution in [2.24, 2.45) is 0 Å². The third kappa shape index (κ3) is 3.67. The Balaban J connectivity index is 2.41. The lowest BCUT2D eigenvalue weighted by Gasteiger charge is -2.14. The number of esters is 1. The average Bonchev–Trinajstić information content (AvgIpc) is 2.76. The summed E-state index contributed by atoms with van der Waals surface area (Å²) in [4.78, 5) is 15.2. The van der Waals surface area contributed by atoms with Gasteiger partial charge in [-0.1, -0.05) is 6.92 Å². The maximum absolute atomic E-state index is 11.3. The van der Waals surface area contributed by atoms with Crippen molar-refractivity contribution < 1.29 is 9.53 Å². The number of likely N-dealkylation sites (N-methyl/N-ethyl adjacent to an activating group) is 1. The highest BCUT2D eigenvalue weighted by Crippen LogP contribution is 1.97. The Hall–Kier alpha value is -1.43. The van der Waals surface area contributed by atoms with Crippen LogP contribution in [0.2, 0.25) is 0 Å². The fraction of sp³-hybridized carbons (Fsp3) is 0.667. The molecule has 1 rings (SSSR count). The van der Waals surface area contributed by atoms with Crippen molar-refractivity contribution in [1.29, 1.82) is 0 Å². The molecule has 0 aliphatic heterocycles. The topological polar surface area (TPSA) is 69.0 Å². The van der Waals surface area contributed by atoms with Crippen LogP contribution in [-0.4, -0.2) is 40.4 Å². The molecule has 1 aromatic heterocycles. The van der Waals surface area contributed by atoms with Crippen LogP contribution in [0.4, 0.5) is 0 Å². The van der Waals surface area contributed by atoms with Gasteiger partial charge in [-0.3, -0.25) is 9.48 Å². The summed E-state index contributed by atoms with van der Waals surface area (Å²) in [6.45, 7) is 3.33. The Labute approximate surface area is 88.6 Å². The number of carbonyl (C=O) groups excluding carboxylic acids is 1. The fourth-order valence-electron chi connectivity index (χ4n) is 1.30. The molecule has 0 aliphatic carbocycles. The molecule has 0 aromatic carbocycles. The van der Waals surface area contributed by atoms with E-state index in [1.807, 2.05) is 6.92 Å². The lowest BCUT2D eigenvalue weighted by Crippen LogP contribution is -2.38. The second-order valence-electron chi connectivity index (χ2n) is 3.08. The fourth-order valence-corrected chi connectivity index (χ4v) is 1.30. The average molecular weight is 212 g/mol. The van der Waals surface area contributed by atoms with E-state index in [1.165, 1.54) is 13.4 Å². The predicted molar refractivity (Wildman–Crippen MR) is 54.1 cm³/mol. The van der Waals surface area contributed by atoms with Gasteiger partial charge in [0.2, 0.25) is 0 Å². The lowest BCUT2D eigenvalue weighted by atomic mass is 10.2. The van der Waals surface area contributed by atoms with Gasteiger partial charge in [0, 0.05) is 6.54 Å². The number of aryl methyl sites for hydroxylation is 1. The van der Waals surface area contributed by atoms with Crippen LogP contribution in [0.5, 0.6) is 0 Å². The number of methoxy groups -OCH3 is 1. The number of rotatable bonds is 6. The Bertz CT molecular complexity index is 286. The van der Waals surface area contributed by atoms with Crippen molar-refractivity contribution in [2.45, 2.75) is 25.9 Å². The summed E-state index contributed by atoms with van der Waals surface area (Å²) in [7, 11) is 1.39. The monoisotopic (exact) mass is 212 g/mol. The molecular formula is C9H16N4O2. The summed E-state index contributed by atoms with van der Waals surface area (Å²) in [5.74, 6) is -0.239. The first-order valence-electron chi connectivity index (χ1n) is 4.91. The van der Waals surface area contributed by atoms with Gasteiger partial charge in [-0.15, -0.1) is 0 Å². The van der Waals surface area contributed by atoms with Crippen LogP contribution in [0.3, 0.4) is 0 Å². The molecule has 0 saturated heterocycles. The molecule has 1 N–H and O–H groups in total. The van der Waals surface area contributed by atoms with Crippen molar-refractivity contribution in [3.63, 3.8) is 0 Å². The molecule has 1 atom stereocenters. The van der Waals surface area contributed by atoms with Crippen molar-refractivity contribution in [1.82, 2.24) is 20.1 Å². The highest BCUT2D eigenvalue weighted by Gasteiger charge is 2.17. The van der Waals surface area contributed by atoms with Crippen molar-refractivity contribution in [2.75, 3.05) is 13.7 Å². The Morgan fingerprint density at radius 1 is 1.67 bits per heavy atom. The second kappa shape index (κ2) is 6.13. The van der Waals surface area contributed by atoms with Gasteiger partial charge in [0.1, 0.15) is 18.7 Å². The van der Waals surface area contributed by atoms with Crippen molar-refractivity contribution >= 4 is 5.97 Å². The van der Waals surface area contributed by atoms with Crippen LogP contribution in [-0.2, 0) is 16.1 Å². The number of hydrogen-bond donors (Lipinski definition) is 1. The first-order valence-corrected chi connectivity index (χ1v) is 4.91. The predicted octanol–water partition coefficient (Wildman–Crippen LogP) is -0.181. The van der Waals surface area contributed by atoms with Crippen LogP contribution in [0.15, 0.2) is 12.7 Å². The van der Waals surface area contributed by atoms with Crippen LogP contribution in [0.1, 0.15) is 13.3 Å². The zero-order chi connectivity index (χ0) is 11.1. The summed E-state index contributed by atoms with van der Waals surface area (Å²) >= 11 is 0. The largest absolute Gasteiger partial charge is 0.468 e. The molecule has 1 unspecified atom stereocenters. The molecule has 0 spiro atoms.